The molecule has 4 rings (SSSR count). The smallest absolute Gasteiger partial charge is 0.238 e. The quantitative estimate of drug-likeness (QED) is 0.700. The fourth-order valence-corrected chi connectivity index (χ4v) is 4.62. The predicted octanol–water partition coefficient (Wildman–Crippen LogP) is 4.52. The molecule has 2 aromatic carbocycles. The minimum absolute atomic E-state index is 0.00836. The van der Waals surface area contributed by atoms with E-state index in [0.717, 1.165) is 50.3 Å². The second-order valence-corrected chi connectivity index (χ2v) is 8.92. The molecule has 1 amide bonds. The maximum absolute atomic E-state index is 12.7. The van der Waals surface area contributed by atoms with E-state index < -0.39 is 0 Å². The third kappa shape index (κ3) is 5.73. The van der Waals surface area contributed by atoms with Crippen molar-refractivity contribution in [3.63, 3.8) is 0 Å². The molecule has 0 saturated carbocycles. The molecule has 0 aliphatic carbocycles. The Morgan fingerprint density at radius 1 is 0.871 bits per heavy atom. The number of carbonyl (C=O) groups excluding carboxylic acids is 2. The number of aryl methyl sites for hydroxylation is 1. The van der Waals surface area contributed by atoms with Gasteiger partial charge in [0.25, 0.3) is 0 Å². The highest BCUT2D eigenvalue weighted by Crippen LogP contribution is 2.23. The summed E-state index contributed by atoms with van der Waals surface area (Å²) in [6.07, 6.45) is 5.45. The molecule has 0 atom stereocenters. The van der Waals surface area contributed by atoms with Crippen LogP contribution in [0.1, 0.15) is 48.0 Å². The molecular formula is C26H33N3O2. The molecule has 2 aliphatic rings. The van der Waals surface area contributed by atoms with Crippen molar-refractivity contribution in [2.45, 2.75) is 39.0 Å². The van der Waals surface area contributed by atoms with E-state index in [4.69, 9.17) is 0 Å². The van der Waals surface area contributed by atoms with Crippen molar-refractivity contribution in [3.05, 3.63) is 59.7 Å². The van der Waals surface area contributed by atoms with E-state index in [1.165, 1.54) is 30.5 Å². The normalized spacial score (nSPS) is 18.0. The molecule has 0 unspecified atom stereocenters. The van der Waals surface area contributed by atoms with E-state index in [-0.39, 0.29) is 17.6 Å². The molecule has 1 N–H and O–H groups in total. The molecule has 2 fully saturated rings. The van der Waals surface area contributed by atoms with Crippen LogP contribution in [0.2, 0.25) is 0 Å². The lowest BCUT2D eigenvalue weighted by molar-refractivity contribution is -0.117. The van der Waals surface area contributed by atoms with Gasteiger partial charge < -0.3 is 10.2 Å². The minimum atomic E-state index is 0.00836. The highest BCUT2D eigenvalue weighted by molar-refractivity contribution is 5.98. The average molecular weight is 420 g/mol. The van der Waals surface area contributed by atoms with Crippen LogP contribution < -0.4 is 10.2 Å². The fourth-order valence-electron chi connectivity index (χ4n) is 4.62. The monoisotopic (exact) mass is 419 g/mol. The van der Waals surface area contributed by atoms with Gasteiger partial charge in [-0.05, 0) is 76.4 Å². The van der Waals surface area contributed by atoms with Crippen LogP contribution >= 0.6 is 0 Å². The number of amides is 1. The molecule has 0 spiro atoms. The zero-order valence-corrected chi connectivity index (χ0v) is 18.5. The van der Waals surface area contributed by atoms with Gasteiger partial charge >= 0.3 is 0 Å². The highest BCUT2D eigenvalue weighted by Gasteiger charge is 2.26. The van der Waals surface area contributed by atoms with E-state index in [1.54, 1.807) is 0 Å². The van der Waals surface area contributed by atoms with Crippen LogP contribution in [0.4, 0.5) is 11.4 Å². The van der Waals surface area contributed by atoms with Gasteiger partial charge in [-0.3, -0.25) is 14.5 Å². The van der Waals surface area contributed by atoms with Gasteiger partial charge in [0.05, 0.1) is 6.54 Å². The number of Topliss-reactive ketones (excluding diaryl/α,β-unsaturated/α-hetero) is 1. The standard InChI is InChI=1S/C26H33N3O2/c1-20-5-7-21(8-6-20)26(31)22-13-17-28(18-14-22)19-25(30)27-23-9-11-24(12-10-23)29-15-3-2-4-16-29/h5-12,22H,2-4,13-19H2,1H3,(H,27,30). The van der Waals surface area contributed by atoms with Crippen LogP contribution in [-0.2, 0) is 4.79 Å². The number of rotatable bonds is 6. The molecule has 5 nitrogen and oxygen atoms in total. The number of piperidine rings is 2. The molecule has 0 aromatic heterocycles. The van der Waals surface area contributed by atoms with Crippen molar-refractivity contribution >= 4 is 23.1 Å². The van der Waals surface area contributed by atoms with Crippen molar-refractivity contribution in [2.24, 2.45) is 5.92 Å². The van der Waals surface area contributed by atoms with Crippen LogP contribution in [-0.4, -0.2) is 49.3 Å². The van der Waals surface area contributed by atoms with Crippen LogP contribution in [0.25, 0.3) is 0 Å². The number of nitrogens with one attached hydrogen (secondary N) is 1. The average Bonchev–Trinajstić information content (AvgIpc) is 2.81. The zero-order chi connectivity index (χ0) is 21.6. The number of carbonyl (C=O) groups is 2. The molecule has 31 heavy (non-hydrogen) atoms. The number of likely N-dealkylation sites (tertiary alicyclic amines) is 1. The highest BCUT2D eigenvalue weighted by atomic mass is 16.2. The van der Waals surface area contributed by atoms with E-state index in [9.17, 15) is 9.59 Å². The molecule has 2 heterocycles. The summed E-state index contributed by atoms with van der Waals surface area (Å²) >= 11 is 0. The molecule has 0 radical (unpaired) electrons. The zero-order valence-electron chi connectivity index (χ0n) is 18.5. The van der Waals surface area contributed by atoms with Crippen molar-refractivity contribution < 1.29 is 9.59 Å². The summed E-state index contributed by atoms with van der Waals surface area (Å²) in [5.74, 6) is 0.302. The van der Waals surface area contributed by atoms with E-state index in [0.29, 0.717) is 6.54 Å². The topological polar surface area (TPSA) is 52.7 Å². The first-order valence-corrected chi connectivity index (χ1v) is 11.6. The Balaban J connectivity index is 1.22. The summed E-state index contributed by atoms with van der Waals surface area (Å²) in [5, 5.41) is 3.02. The van der Waals surface area contributed by atoms with E-state index >= 15 is 0 Å². The summed E-state index contributed by atoms with van der Waals surface area (Å²) < 4.78 is 0. The van der Waals surface area contributed by atoms with Crippen molar-refractivity contribution in [1.29, 1.82) is 0 Å². The number of anilines is 2. The molecule has 2 aromatic rings. The number of hydrogen-bond acceptors (Lipinski definition) is 4. The van der Waals surface area contributed by atoms with Crippen LogP contribution in [0, 0.1) is 12.8 Å². The summed E-state index contributed by atoms with van der Waals surface area (Å²) in [5.41, 5.74) is 4.04. The molecule has 0 bridgehead atoms. The van der Waals surface area contributed by atoms with Gasteiger partial charge in [0.2, 0.25) is 5.91 Å². The van der Waals surface area contributed by atoms with E-state index in [1.807, 2.05) is 43.3 Å². The maximum Gasteiger partial charge on any atom is 0.238 e. The molecular weight excluding hydrogens is 386 g/mol. The third-order valence-electron chi connectivity index (χ3n) is 6.53. The third-order valence-corrected chi connectivity index (χ3v) is 6.53. The lowest BCUT2D eigenvalue weighted by Crippen LogP contribution is -2.40. The predicted molar refractivity (Wildman–Crippen MR) is 126 cm³/mol. The van der Waals surface area contributed by atoms with Gasteiger partial charge in [0.15, 0.2) is 5.78 Å². The van der Waals surface area contributed by atoms with Crippen LogP contribution in [0.5, 0.6) is 0 Å². The second kappa shape index (κ2) is 10.1. The van der Waals surface area contributed by atoms with Crippen molar-refractivity contribution in [2.75, 3.05) is 42.9 Å². The van der Waals surface area contributed by atoms with E-state index in [2.05, 4.69) is 27.2 Å². The number of benzene rings is 2. The molecule has 164 valence electrons. The summed E-state index contributed by atoms with van der Waals surface area (Å²) in [6, 6.07) is 16.0. The van der Waals surface area contributed by atoms with Gasteiger partial charge in [-0.2, -0.15) is 0 Å². The Kier molecular flexibility index (Phi) is 7.03. The number of ketones is 1. The lowest BCUT2D eigenvalue weighted by atomic mass is 9.88. The number of nitrogens with zero attached hydrogens (tertiary/aromatic N) is 2. The largest absolute Gasteiger partial charge is 0.372 e. The summed E-state index contributed by atoms with van der Waals surface area (Å²) in [7, 11) is 0. The molecule has 2 saturated heterocycles. The molecule has 5 heteroatoms. The van der Waals surface area contributed by atoms with Gasteiger partial charge in [0.1, 0.15) is 0 Å². The summed E-state index contributed by atoms with van der Waals surface area (Å²) in [6.45, 7) is 6.20. The summed E-state index contributed by atoms with van der Waals surface area (Å²) in [4.78, 5) is 29.8. The second-order valence-electron chi connectivity index (χ2n) is 8.92. The Labute approximate surface area is 185 Å². The van der Waals surface area contributed by atoms with Crippen LogP contribution in [0.15, 0.2) is 48.5 Å². The fraction of sp³-hybridized carbons (Fsp3) is 0.462. The van der Waals surface area contributed by atoms with Crippen molar-refractivity contribution in [1.82, 2.24) is 4.90 Å². The first-order valence-electron chi connectivity index (χ1n) is 11.6. The van der Waals surface area contributed by atoms with Gasteiger partial charge in [0, 0.05) is 35.9 Å². The first-order chi connectivity index (χ1) is 15.1. The Hall–Kier alpha value is -2.66. The maximum atomic E-state index is 12.7. The van der Waals surface area contributed by atoms with Crippen LogP contribution in [0.3, 0.4) is 0 Å². The molecule has 2 aliphatic heterocycles. The SMILES string of the molecule is Cc1ccc(C(=O)C2CCN(CC(=O)Nc3ccc(N4CCCCC4)cc3)CC2)cc1. The van der Waals surface area contributed by atoms with Gasteiger partial charge in [-0.25, -0.2) is 0 Å². The Morgan fingerprint density at radius 3 is 2.16 bits per heavy atom. The van der Waals surface area contributed by atoms with Gasteiger partial charge in [-0.1, -0.05) is 29.8 Å². The first kappa shape index (κ1) is 21.6. The number of hydrogen-bond donors (Lipinski definition) is 1. The Bertz CT molecular complexity index is 878. The van der Waals surface area contributed by atoms with Crippen molar-refractivity contribution in [3.8, 4) is 0 Å². The van der Waals surface area contributed by atoms with Gasteiger partial charge in [-0.15, -0.1) is 0 Å². The Morgan fingerprint density at radius 2 is 1.52 bits per heavy atom. The lowest BCUT2D eigenvalue weighted by Gasteiger charge is -2.30. The minimum Gasteiger partial charge on any atom is -0.372 e.